The van der Waals surface area contributed by atoms with Crippen LogP contribution < -0.4 is 14.8 Å². The Balaban J connectivity index is 1.67. The van der Waals surface area contributed by atoms with E-state index in [1.54, 1.807) is 67.1 Å². The number of methoxy groups -OCH3 is 1. The minimum absolute atomic E-state index is 0.0344. The fraction of sp³-hybridized carbons (Fsp3) is 0.227. The van der Waals surface area contributed by atoms with Gasteiger partial charge in [0, 0.05) is 18.3 Å². The van der Waals surface area contributed by atoms with Gasteiger partial charge in [-0.3, -0.25) is 9.36 Å². The summed E-state index contributed by atoms with van der Waals surface area (Å²) in [4.78, 5) is 12.6. The van der Waals surface area contributed by atoms with Gasteiger partial charge in [0.15, 0.2) is 22.5 Å². The van der Waals surface area contributed by atoms with Crippen molar-refractivity contribution in [2.45, 2.75) is 30.5 Å². The van der Waals surface area contributed by atoms with Crippen LogP contribution in [0.25, 0.3) is 0 Å². The molecule has 0 aliphatic heterocycles. The van der Waals surface area contributed by atoms with E-state index in [-0.39, 0.29) is 18.3 Å². The zero-order chi connectivity index (χ0) is 22.2. The number of aromatic nitrogens is 3. The summed E-state index contributed by atoms with van der Waals surface area (Å²) in [6.45, 7) is 6.00. The van der Waals surface area contributed by atoms with Crippen molar-refractivity contribution < 1.29 is 18.7 Å². The Morgan fingerprint density at radius 3 is 2.84 bits per heavy atom. The van der Waals surface area contributed by atoms with Crippen molar-refractivity contribution in [3.05, 3.63) is 72.8 Å². The van der Waals surface area contributed by atoms with Gasteiger partial charge in [0.05, 0.1) is 12.4 Å². The molecule has 0 aliphatic rings. The molecule has 1 heterocycles. The van der Waals surface area contributed by atoms with Crippen LogP contribution in [-0.2, 0) is 17.9 Å². The Morgan fingerprint density at radius 1 is 1.29 bits per heavy atom. The number of benzene rings is 2. The molecule has 0 saturated heterocycles. The van der Waals surface area contributed by atoms with Gasteiger partial charge in [0.2, 0.25) is 5.91 Å². The molecule has 2 aromatic carbocycles. The molecule has 0 spiro atoms. The monoisotopic (exact) mass is 442 g/mol. The maximum atomic E-state index is 13.8. The Bertz CT molecular complexity index is 1060. The average molecular weight is 443 g/mol. The third-order valence-electron chi connectivity index (χ3n) is 4.29. The quantitative estimate of drug-likeness (QED) is 0.372. The molecular weight excluding hydrogens is 419 g/mol. The average Bonchev–Trinajstić information content (AvgIpc) is 3.14. The summed E-state index contributed by atoms with van der Waals surface area (Å²) in [6.07, 6.45) is 1.70. The van der Waals surface area contributed by atoms with Crippen molar-refractivity contribution >= 4 is 23.4 Å². The van der Waals surface area contributed by atoms with Crippen molar-refractivity contribution in [2.75, 3.05) is 12.4 Å². The first-order valence-corrected chi connectivity index (χ1v) is 10.4. The Morgan fingerprint density at radius 2 is 2.10 bits per heavy atom. The van der Waals surface area contributed by atoms with Crippen LogP contribution in [0.1, 0.15) is 12.7 Å². The summed E-state index contributed by atoms with van der Waals surface area (Å²) in [5.41, 5.74) is 0.642. The highest BCUT2D eigenvalue weighted by molar-refractivity contribution is 8.00. The molecule has 1 unspecified atom stereocenters. The highest BCUT2D eigenvalue weighted by atomic mass is 32.2. The topological polar surface area (TPSA) is 78.3 Å². The second kappa shape index (κ2) is 10.6. The summed E-state index contributed by atoms with van der Waals surface area (Å²) < 4.78 is 26.3. The molecule has 0 saturated carbocycles. The van der Waals surface area contributed by atoms with E-state index in [0.717, 1.165) is 0 Å². The first-order chi connectivity index (χ1) is 15.0. The first kappa shape index (κ1) is 22.4. The van der Waals surface area contributed by atoms with Crippen LogP contribution in [0.5, 0.6) is 11.5 Å². The maximum absolute atomic E-state index is 13.8. The van der Waals surface area contributed by atoms with E-state index < -0.39 is 11.1 Å². The number of allylic oxidation sites excluding steroid dienone is 1. The Hall–Kier alpha value is -3.33. The number of nitrogens with one attached hydrogen (secondary N) is 1. The third-order valence-corrected chi connectivity index (χ3v) is 5.37. The molecule has 1 amide bonds. The van der Waals surface area contributed by atoms with E-state index in [1.165, 1.54) is 17.8 Å². The zero-order valence-corrected chi connectivity index (χ0v) is 18.1. The van der Waals surface area contributed by atoms with E-state index >= 15 is 0 Å². The molecule has 3 rings (SSSR count). The van der Waals surface area contributed by atoms with Crippen LogP contribution in [0.3, 0.4) is 0 Å². The van der Waals surface area contributed by atoms with E-state index in [1.807, 2.05) is 0 Å². The molecule has 0 radical (unpaired) electrons. The minimum atomic E-state index is -0.449. The Labute approximate surface area is 184 Å². The molecule has 9 heteroatoms. The predicted octanol–water partition coefficient (Wildman–Crippen LogP) is 4.31. The van der Waals surface area contributed by atoms with Gasteiger partial charge in [-0.05, 0) is 31.2 Å². The van der Waals surface area contributed by atoms with Gasteiger partial charge < -0.3 is 14.8 Å². The summed E-state index contributed by atoms with van der Waals surface area (Å²) in [6, 6.07) is 13.3. The molecule has 0 bridgehead atoms. The molecule has 0 fully saturated rings. The highest BCUT2D eigenvalue weighted by Gasteiger charge is 2.20. The fourth-order valence-corrected chi connectivity index (χ4v) is 3.56. The van der Waals surface area contributed by atoms with Gasteiger partial charge in [-0.15, -0.1) is 16.8 Å². The zero-order valence-electron chi connectivity index (χ0n) is 17.2. The Kier molecular flexibility index (Phi) is 7.66. The normalized spacial score (nSPS) is 11.6. The van der Waals surface area contributed by atoms with Crippen LogP contribution >= 0.6 is 11.8 Å². The summed E-state index contributed by atoms with van der Waals surface area (Å²) in [5.74, 6) is 0.663. The highest BCUT2D eigenvalue weighted by Crippen LogP contribution is 2.25. The van der Waals surface area contributed by atoms with Crippen molar-refractivity contribution in [3.8, 4) is 11.5 Å². The van der Waals surface area contributed by atoms with Crippen molar-refractivity contribution in [1.29, 1.82) is 0 Å². The lowest BCUT2D eigenvalue weighted by atomic mass is 10.3. The number of halogens is 1. The standard InChI is InChI=1S/C22H23FN4O3S/c1-4-12-27-20(14-30-19-11-6-5-10-18(19)23)25-26-22(27)31-15(2)21(28)24-16-8-7-9-17(13-16)29-3/h4-11,13,15H,1,12,14H2,2-3H3,(H,24,28). The molecule has 162 valence electrons. The van der Waals surface area contributed by atoms with Crippen molar-refractivity contribution in [2.24, 2.45) is 0 Å². The van der Waals surface area contributed by atoms with Crippen LogP contribution in [0.15, 0.2) is 66.3 Å². The molecule has 1 aromatic heterocycles. The van der Waals surface area contributed by atoms with Crippen LogP contribution in [0.4, 0.5) is 10.1 Å². The second-order valence-corrected chi connectivity index (χ2v) is 7.81. The largest absolute Gasteiger partial charge is 0.497 e. The number of carbonyl (C=O) groups is 1. The summed E-state index contributed by atoms with van der Waals surface area (Å²) in [7, 11) is 1.57. The number of anilines is 1. The molecule has 0 aliphatic carbocycles. The number of nitrogens with zero attached hydrogens (tertiary/aromatic N) is 3. The van der Waals surface area contributed by atoms with Crippen LogP contribution in [-0.4, -0.2) is 33.0 Å². The maximum Gasteiger partial charge on any atom is 0.237 e. The predicted molar refractivity (Wildman–Crippen MR) is 118 cm³/mol. The third kappa shape index (κ3) is 5.85. The van der Waals surface area contributed by atoms with Crippen molar-refractivity contribution in [3.63, 3.8) is 0 Å². The molecule has 3 aromatic rings. The lowest BCUT2D eigenvalue weighted by Crippen LogP contribution is -2.23. The van der Waals surface area contributed by atoms with E-state index in [4.69, 9.17) is 9.47 Å². The number of ether oxygens (including phenoxy) is 2. The van der Waals surface area contributed by atoms with E-state index in [9.17, 15) is 9.18 Å². The number of para-hydroxylation sites is 1. The second-order valence-electron chi connectivity index (χ2n) is 6.50. The molecule has 1 N–H and O–H groups in total. The van der Waals surface area contributed by atoms with Gasteiger partial charge in [0.1, 0.15) is 12.4 Å². The SMILES string of the molecule is C=CCn1c(COc2ccccc2F)nnc1SC(C)C(=O)Nc1cccc(OC)c1. The molecule has 31 heavy (non-hydrogen) atoms. The lowest BCUT2D eigenvalue weighted by molar-refractivity contribution is -0.115. The van der Waals surface area contributed by atoms with Gasteiger partial charge in [-0.2, -0.15) is 0 Å². The lowest BCUT2D eigenvalue weighted by Gasteiger charge is -2.13. The minimum Gasteiger partial charge on any atom is -0.497 e. The number of carbonyl (C=O) groups excluding carboxylic acids is 1. The summed E-state index contributed by atoms with van der Waals surface area (Å²) >= 11 is 1.26. The van der Waals surface area contributed by atoms with Gasteiger partial charge in [0.25, 0.3) is 0 Å². The smallest absolute Gasteiger partial charge is 0.237 e. The van der Waals surface area contributed by atoms with Crippen LogP contribution in [0, 0.1) is 5.82 Å². The number of thioether (sulfide) groups is 1. The molecular formula is C22H23FN4O3S. The number of hydrogen-bond donors (Lipinski definition) is 1. The number of rotatable bonds is 10. The van der Waals surface area contributed by atoms with Crippen molar-refractivity contribution in [1.82, 2.24) is 14.8 Å². The fourth-order valence-electron chi connectivity index (χ4n) is 2.69. The number of hydrogen-bond acceptors (Lipinski definition) is 6. The number of amides is 1. The molecule has 7 nitrogen and oxygen atoms in total. The summed E-state index contributed by atoms with van der Waals surface area (Å²) in [5, 5.41) is 11.3. The molecule has 1 atom stereocenters. The van der Waals surface area contributed by atoms with E-state index in [0.29, 0.717) is 29.0 Å². The van der Waals surface area contributed by atoms with Gasteiger partial charge in [-0.25, -0.2) is 4.39 Å². The van der Waals surface area contributed by atoms with Gasteiger partial charge >= 0.3 is 0 Å². The van der Waals surface area contributed by atoms with E-state index in [2.05, 4.69) is 22.1 Å². The van der Waals surface area contributed by atoms with Gasteiger partial charge in [-0.1, -0.05) is 36.0 Å². The van der Waals surface area contributed by atoms with Crippen LogP contribution in [0.2, 0.25) is 0 Å². The first-order valence-electron chi connectivity index (χ1n) is 9.53.